The van der Waals surface area contributed by atoms with E-state index in [2.05, 4.69) is 13.2 Å². The second kappa shape index (κ2) is 3.65. The quantitative estimate of drug-likeness (QED) is 0.508. The lowest BCUT2D eigenvalue weighted by Gasteiger charge is -2.05. The van der Waals surface area contributed by atoms with Crippen molar-refractivity contribution in [3.05, 3.63) is 47.6 Å². The lowest BCUT2D eigenvalue weighted by molar-refractivity contribution is 0.448. The van der Waals surface area contributed by atoms with Crippen molar-refractivity contribution >= 4 is 12.2 Å². The van der Waals surface area contributed by atoms with Gasteiger partial charge in [0.15, 0.2) is 23.3 Å². The standard InChI is InChI=1S/C10H6F4/c1-3-5-7(11)9(13)6(4-2)10(14)8(5)12/h3-4H,1-2H2. The minimum absolute atomic E-state index is 0.712. The van der Waals surface area contributed by atoms with Crippen LogP contribution in [-0.4, -0.2) is 0 Å². The van der Waals surface area contributed by atoms with Crippen molar-refractivity contribution < 1.29 is 17.6 Å². The highest BCUT2D eigenvalue weighted by Crippen LogP contribution is 2.25. The molecule has 0 fully saturated rings. The molecule has 74 valence electrons. The van der Waals surface area contributed by atoms with Crippen LogP contribution in [0.1, 0.15) is 11.1 Å². The smallest absolute Gasteiger partial charge is 0.169 e. The summed E-state index contributed by atoms with van der Waals surface area (Å²) in [6, 6.07) is 0. The summed E-state index contributed by atoms with van der Waals surface area (Å²) in [4.78, 5) is 0. The molecule has 1 aromatic rings. The average molecular weight is 202 g/mol. The van der Waals surface area contributed by atoms with E-state index in [9.17, 15) is 17.6 Å². The van der Waals surface area contributed by atoms with E-state index in [1.807, 2.05) is 0 Å². The third kappa shape index (κ3) is 1.32. The zero-order chi connectivity index (χ0) is 10.9. The Morgan fingerprint density at radius 1 is 0.643 bits per heavy atom. The SMILES string of the molecule is C=Cc1c(F)c(F)c(C=C)c(F)c1F. The lowest BCUT2D eigenvalue weighted by atomic mass is 10.1. The largest absolute Gasteiger partial charge is 0.203 e. The highest BCUT2D eigenvalue weighted by atomic mass is 19.2. The predicted molar refractivity (Wildman–Crippen MR) is 46.5 cm³/mol. The number of benzene rings is 1. The molecule has 0 atom stereocenters. The van der Waals surface area contributed by atoms with Gasteiger partial charge in [0.1, 0.15) is 0 Å². The summed E-state index contributed by atoms with van der Waals surface area (Å²) in [7, 11) is 0. The maximum absolute atomic E-state index is 13.0. The van der Waals surface area contributed by atoms with Gasteiger partial charge in [-0.2, -0.15) is 0 Å². The number of halogens is 4. The summed E-state index contributed by atoms with van der Waals surface area (Å²) < 4.78 is 52.0. The zero-order valence-electron chi connectivity index (χ0n) is 7.08. The first-order chi connectivity index (χ1) is 6.54. The molecule has 1 aromatic carbocycles. The Kier molecular flexibility index (Phi) is 2.74. The van der Waals surface area contributed by atoms with Gasteiger partial charge in [-0.3, -0.25) is 0 Å². The molecule has 0 spiro atoms. The van der Waals surface area contributed by atoms with E-state index in [0.717, 1.165) is 0 Å². The van der Waals surface area contributed by atoms with Crippen molar-refractivity contribution in [1.29, 1.82) is 0 Å². The number of rotatable bonds is 2. The van der Waals surface area contributed by atoms with E-state index >= 15 is 0 Å². The van der Waals surface area contributed by atoms with Crippen LogP contribution in [0, 0.1) is 23.3 Å². The van der Waals surface area contributed by atoms with Gasteiger partial charge in [0.2, 0.25) is 0 Å². The molecule has 0 heterocycles. The van der Waals surface area contributed by atoms with E-state index in [-0.39, 0.29) is 0 Å². The van der Waals surface area contributed by atoms with Gasteiger partial charge in [0.05, 0.1) is 11.1 Å². The Morgan fingerprint density at radius 2 is 0.857 bits per heavy atom. The van der Waals surface area contributed by atoms with Gasteiger partial charge in [-0.1, -0.05) is 25.3 Å². The van der Waals surface area contributed by atoms with E-state index in [1.54, 1.807) is 0 Å². The van der Waals surface area contributed by atoms with Gasteiger partial charge in [-0.25, -0.2) is 17.6 Å². The van der Waals surface area contributed by atoms with Crippen LogP contribution in [-0.2, 0) is 0 Å². The number of hydrogen-bond donors (Lipinski definition) is 0. The van der Waals surface area contributed by atoms with E-state index in [4.69, 9.17) is 0 Å². The molecule has 0 amide bonds. The van der Waals surface area contributed by atoms with Crippen molar-refractivity contribution in [2.45, 2.75) is 0 Å². The molecular formula is C10H6F4. The van der Waals surface area contributed by atoms with Crippen LogP contribution in [0.25, 0.3) is 12.2 Å². The highest BCUT2D eigenvalue weighted by molar-refractivity contribution is 5.57. The van der Waals surface area contributed by atoms with Gasteiger partial charge < -0.3 is 0 Å². The van der Waals surface area contributed by atoms with Crippen molar-refractivity contribution in [2.75, 3.05) is 0 Å². The topological polar surface area (TPSA) is 0 Å². The van der Waals surface area contributed by atoms with Gasteiger partial charge in [0, 0.05) is 0 Å². The molecule has 0 aliphatic heterocycles. The maximum atomic E-state index is 13.0. The Labute approximate surface area is 78.2 Å². The fourth-order valence-corrected chi connectivity index (χ4v) is 1.02. The van der Waals surface area contributed by atoms with Crippen LogP contribution in [0.3, 0.4) is 0 Å². The molecule has 0 aliphatic rings. The number of hydrogen-bond acceptors (Lipinski definition) is 0. The summed E-state index contributed by atoms with van der Waals surface area (Å²) in [5.74, 6) is -5.86. The molecule has 0 unspecified atom stereocenters. The maximum Gasteiger partial charge on any atom is 0.169 e. The minimum Gasteiger partial charge on any atom is -0.203 e. The van der Waals surface area contributed by atoms with Crippen molar-refractivity contribution in [3.63, 3.8) is 0 Å². The molecule has 0 saturated heterocycles. The van der Waals surface area contributed by atoms with Crippen LogP contribution in [0.15, 0.2) is 13.2 Å². The zero-order valence-corrected chi connectivity index (χ0v) is 7.08. The molecule has 0 aliphatic carbocycles. The predicted octanol–water partition coefficient (Wildman–Crippen LogP) is 3.53. The van der Waals surface area contributed by atoms with Crippen molar-refractivity contribution in [1.82, 2.24) is 0 Å². The molecule has 0 radical (unpaired) electrons. The minimum atomic E-state index is -1.46. The van der Waals surface area contributed by atoms with E-state index in [1.165, 1.54) is 0 Å². The molecule has 1 rings (SSSR count). The first kappa shape index (κ1) is 10.5. The summed E-state index contributed by atoms with van der Waals surface area (Å²) in [6.07, 6.45) is 1.42. The van der Waals surface area contributed by atoms with Gasteiger partial charge in [0.25, 0.3) is 0 Å². The summed E-state index contributed by atoms with van der Waals surface area (Å²) >= 11 is 0. The van der Waals surface area contributed by atoms with Crippen molar-refractivity contribution in [2.24, 2.45) is 0 Å². The Morgan fingerprint density at radius 3 is 1.00 bits per heavy atom. The monoisotopic (exact) mass is 202 g/mol. The Bertz CT molecular complexity index is 339. The molecule has 14 heavy (non-hydrogen) atoms. The molecular weight excluding hydrogens is 196 g/mol. The molecule has 4 heteroatoms. The third-order valence-electron chi connectivity index (χ3n) is 1.74. The van der Waals surface area contributed by atoms with Gasteiger partial charge in [-0.15, -0.1) is 0 Å². The third-order valence-corrected chi connectivity index (χ3v) is 1.74. The van der Waals surface area contributed by atoms with Crippen LogP contribution < -0.4 is 0 Å². The summed E-state index contributed by atoms with van der Waals surface area (Å²) in [5.41, 5.74) is -1.63. The normalized spacial score (nSPS) is 10.0. The van der Waals surface area contributed by atoms with Crippen molar-refractivity contribution in [3.8, 4) is 0 Å². The molecule has 0 aromatic heterocycles. The summed E-state index contributed by atoms with van der Waals surface area (Å²) in [5, 5.41) is 0. The highest BCUT2D eigenvalue weighted by Gasteiger charge is 2.21. The van der Waals surface area contributed by atoms with Crippen LogP contribution >= 0.6 is 0 Å². The van der Waals surface area contributed by atoms with E-state index in [0.29, 0.717) is 12.2 Å². The van der Waals surface area contributed by atoms with Gasteiger partial charge >= 0.3 is 0 Å². The first-order valence-corrected chi connectivity index (χ1v) is 3.65. The van der Waals surface area contributed by atoms with Crippen LogP contribution in [0.2, 0.25) is 0 Å². The Balaban J connectivity index is 3.71. The molecule has 0 saturated carbocycles. The molecule has 0 N–H and O–H groups in total. The first-order valence-electron chi connectivity index (χ1n) is 3.65. The van der Waals surface area contributed by atoms with E-state index < -0.39 is 34.4 Å². The fraction of sp³-hybridized carbons (Fsp3) is 0. The second-order valence-corrected chi connectivity index (χ2v) is 2.49. The fourth-order valence-electron chi connectivity index (χ4n) is 1.02. The van der Waals surface area contributed by atoms with Crippen LogP contribution in [0.5, 0.6) is 0 Å². The molecule has 0 bridgehead atoms. The summed E-state index contributed by atoms with van der Waals surface area (Å²) in [6.45, 7) is 6.10. The average Bonchev–Trinajstić information content (AvgIpc) is 2.17. The van der Waals surface area contributed by atoms with Gasteiger partial charge in [-0.05, 0) is 0 Å². The second-order valence-electron chi connectivity index (χ2n) is 2.49. The lowest BCUT2D eigenvalue weighted by Crippen LogP contribution is -2.02. The van der Waals surface area contributed by atoms with Crippen LogP contribution in [0.4, 0.5) is 17.6 Å². The Hall–Kier alpha value is -1.58. The molecule has 0 nitrogen and oxygen atoms in total.